The van der Waals surface area contributed by atoms with Crippen molar-refractivity contribution >= 4 is 33.3 Å². The molecule has 5 nitrogen and oxygen atoms in total. The highest BCUT2D eigenvalue weighted by Gasteiger charge is 2.28. The van der Waals surface area contributed by atoms with Crippen LogP contribution in [0.4, 0.5) is 5.69 Å². The van der Waals surface area contributed by atoms with Crippen LogP contribution in [0.15, 0.2) is 12.4 Å². The Morgan fingerprint density at radius 1 is 1.29 bits per heavy atom. The van der Waals surface area contributed by atoms with Crippen LogP contribution in [0.2, 0.25) is 0 Å². The summed E-state index contributed by atoms with van der Waals surface area (Å²) < 4.78 is 0. The van der Waals surface area contributed by atoms with Crippen LogP contribution in [0, 0.1) is 5.41 Å². The minimum Gasteiger partial charge on any atom is -0.396 e. The summed E-state index contributed by atoms with van der Waals surface area (Å²) in [6.07, 6.45) is 6.46. The Bertz CT molecular complexity index is 679. The second-order valence-corrected chi connectivity index (χ2v) is 7.36. The average molecular weight is 304 g/mol. The summed E-state index contributed by atoms with van der Waals surface area (Å²) in [5.74, 6) is 0.0231. The molecule has 2 aromatic heterocycles. The molecule has 3 heterocycles. The molecule has 6 heteroatoms. The standard InChI is InChI=1S/C15H20N4OS/c1-15(2)4-3-8-19(9-5-15)14(20)12-10(16)11-13(21-12)18-7-6-17-11/h6-7H,3-5,8-9,16H2,1-2H3. The van der Waals surface area contributed by atoms with Crippen LogP contribution in [-0.4, -0.2) is 33.9 Å². The highest BCUT2D eigenvalue weighted by molar-refractivity contribution is 7.21. The number of nitrogens with zero attached hydrogens (tertiary/aromatic N) is 3. The lowest BCUT2D eigenvalue weighted by molar-refractivity contribution is 0.0763. The average Bonchev–Trinajstić information content (AvgIpc) is 2.67. The van der Waals surface area contributed by atoms with Gasteiger partial charge in [0.25, 0.3) is 5.91 Å². The molecule has 1 saturated heterocycles. The van der Waals surface area contributed by atoms with Gasteiger partial charge in [-0.25, -0.2) is 9.97 Å². The second-order valence-electron chi connectivity index (χ2n) is 6.36. The molecule has 112 valence electrons. The van der Waals surface area contributed by atoms with Gasteiger partial charge in [-0.2, -0.15) is 0 Å². The van der Waals surface area contributed by atoms with E-state index in [2.05, 4.69) is 23.8 Å². The Hall–Kier alpha value is -1.69. The number of nitrogens with two attached hydrogens (primary N) is 1. The number of thiophene rings is 1. The first-order valence-corrected chi connectivity index (χ1v) is 8.08. The Morgan fingerprint density at radius 2 is 2.05 bits per heavy atom. The lowest BCUT2D eigenvalue weighted by Crippen LogP contribution is -2.32. The molecule has 0 spiro atoms. The van der Waals surface area contributed by atoms with Crippen molar-refractivity contribution in [3.8, 4) is 0 Å². The van der Waals surface area contributed by atoms with E-state index < -0.39 is 0 Å². The Balaban J connectivity index is 1.88. The molecule has 2 aromatic rings. The minimum atomic E-state index is 0.0231. The van der Waals surface area contributed by atoms with Crippen molar-refractivity contribution in [2.45, 2.75) is 33.1 Å². The first-order chi connectivity index (χ1) is 9.98. The minimum absolute atomic E-state index is 0.0231. The number of carbonyl (C=O) groups is 1. The molecular formula is C15H20N4OS. The number of likely N-dealkylation sites (tertiary alicyclic amines) is 1. The third kappa shape index (κ3) is 2.72. The molecule has 0 aromatic carbocycles. The Morgan fingerprint density at radius 3 is 2.81 bits per heavy atom. The van der Waals surface area contributed by atoms with E-state index in [1.165, 1.54) is 11.3 Å². The maximum absolute atomic E-state index is 12.8. The summed E-state index contributed by atoms with van der Waals surface area (Å²) in [5, 5.41) is 0. The van der Waals surface area contributed by atoms with E-state index in [-0.39, 0.29) is 5.91 Å². The van der Waals surface area contributed by atoms with Gasteiger partial charge in [0.15, 0.2) is 0 Å². The molecule has 0 aliphatic carbocycles. The number of rotatable bonds is 1. The van der Waals surface area contributed by atoms with E-state index in [1.54, 1.807) is 12.4 Å². The molecule has 0 saturated carbocycles. The summed E-state index contributed by atoms with van der Waals surface area (Å²) >= 11 is 1.34. The van der Waals surface area contributed by atoms with E-state index in [4.69, 9.17) is 5.73 Å². The van der Waals surface area contributed by atoms with Crippen LogP contribution in [-0.2, 0) is 0 Å². The van der Waals surface area contributed by atoms with Gasteiger partial charge in [0.05, 0.1) is 5.69 Å². The number of anilines is 1. The normalized spacial score (nSPS) is 18.7. The first kappa shape index (κ1) is 14.3. The maximum Gasteiger partial charge on any atom is 0.266 e. The molecule has 21 heavy (non-hydrogen) atoms. The van der Waals surface area contributed by atoms with Crippen molar-refractivity contribution in [3.63, 3.8) is 0 Å². The topological polar surface area (TPSA) is 72.1 Å². The largest absolute Gasteiger partial charge is 0.396 e. The van der Waals surface area contributed by atoms with Crippen LogP contribution < -0.4 is 5.73 Å². The second kappa shape index (κ2) is 5.26. The summed E-state index contributed by atoms with van der Waals surface area (Å²) in [7, 11) is 0. The molecule has 0 radical (unpaired) electrons. The summed E-state index contributed by atoms with van der Waals surface area (Å²) in [4.78, 5) is 24.5. The third-order valence-corrected chi connectivity index (χ3v) is 5.28. The van der Waals surface area contributed by atoms with E-state index >= 15 is 0 Å². The number of hydrogen-bond acceptors (Lipinski definition) is 5. The molecule has 1 aliphatic rings. The van der Waals surface area contributed by atoms with Crippen LogP contribution in [0.3, 0.4) is 0 Å². The molecule has 1 amide bonds. The molecule has 0 bridgehead atoms. The molecule has 0 atom stereocenters. The van der Waals surface area contributed by atoms with Gasteiger partial charge in [-0.05, 0) is 24.7 Å². The van der Waals surface area contributed by atoms with Crippen LogP contribution in [0.25, 0.3) is 10.3 Å². The summed E-state index contributed by atoms with van der Waals surface area (Å²) in [6.45, 7) is 6.13. The van der Waals surface area contributed by atoms with Crippen LogP contribution in [0.1, 0.15) is 42.8 Å². The van der Waals surface area contributed by atoms with Gasteiger partial charge < -0.3 is 10.6 Å². The van der Waals surface area contributed by atoms with Gasteiger partial charge in [-0.3, -0.25) is 4.79 Å². The first-order valence-electron chi connectivity index (χ1n) is 7.26. The van der Waals surface area contributed by atoms with Crippen molar-refractivity contribution in [2.24, 2.45) is 5.41 Å². The fraction of sp³-hybridized carbons (Fsp3) is 0.533. The van der Waals surface area contributed by atoms with Gasteiger partial charge >= 0.3 is 0 Å². The van der Waals surface area contributed by atoms with Gasteiger partial charge in [0, 0.05) is 25.5 Å². The lowest BCUT2D eigenvalue weighted by Gasteiger charge is -2.23. The summed E-state index contributed by atoms with van der Waals surface area (Å²) in [5.41, 5.74) is 7.52. The predicted molar refractivity (Wildman–Crippen MR) is 85.4 cm³/mol. The van der Waals surface area contributed by atoms with E-state index in [0.29, 0.717) is 21.5 Å². The van der Waals surface area contributed by atoms with Crippen molar-refractivity contribution in [1.82, 2.24) is 14.9 Å². The SMILES string of the molecule is CC1(C)CCCN(C(=O)c2sc3nccnc3c2N)CC1. The fourth-order valence-electron chi connectivity index (χ4n) is 2.77. The summed E-state index contributed by atoms with van der Waals surface area (Å²) in [6, 6.07) is 0. The number of nitrogen functional groups attached to an aromatic ring is 1. The smallest absolute Gasteiger partial charge is 0.266 e. The van der Waals surface area contributed by atoms with Crippen molar-refractivity contribution < 1.29 is 4.79 Å². The van der Waals surface area contributed by atoms with Gasteiger partial charge in [0.1, 0.15) is 15.2 Å². The zero-order chi connectivity index (χ0) is 15.0. The van der Waals surface area contributed by atoms with Crippen molar-refractivity contribution in [2.75, 3.05) is 18.8 Å². The molecule has 3 rings (SSSR count). The van der Waals surface area contributed by atoms with Gasteiger partial charge in [-0.15, -0.1) is 11.3 Å². The van der Waals surface area contributed by atoms with Crippen molar-refractivity contribution in [1.29, 1.82) is 0 Å². The van der Waals surface area contributed by atoms with E-state index in [9.17, 15) is 4.79 Å². The van der Waals surface area contributed by atoms with Gasteiger partial charge in [0.2, 0.25) is 0 Å². The molecule has 1 aliphatic heterocycles. The number of fused-ring (bicyclic) bond motifs is 1. The Kier molecular flexibility index (Phi) is 3.57. The maximum atomic E-state index is 12.8. The van der Waals surface area contributed by atoms with E-state index in [1.807, 2.05) is 4.90 Å². The van der Waals surface area contributed by atoms with Gasteiger partial charge in [-0.1, -0.05) is 13.8 Å². The number of aromatic nitrogens is 2. The van der Waals surface area contributed by atoms with Crippen LogP contribution >= 0.6 is 11.3 Å². The molecular weight excluding hydrogens is 284 g/mol. The van der Waals surface area contributed by atoms with Crippen molar-refractivity contribution in [3.05, 3.63) is 17.3 Å². The quantitative estimate of drug-likeness (QED) is 0.879. The Labute approximate surface area is 128 Å². The third-order valence-electron chi connectivity index (χ3n) is 4.18. The molecule has 1 fully saturated rings. The monoisotopic (exact) mass is 304 g/mol. The molecule has 0 unspecified atom stereocenters. The highest BCUT2D eigenvalue weighted by atomic mass is 32.1. The molecule has 2 N–H and O–H groups in total. The lowest BCUT2D eigenvalue weighted by atomic mass is 9.85. The predicted octanol–water partition coefficient (Wildman–Crippen LogP) is 2.93. The van der Waals surface area contributed by atoms with Crippen LogP contribution in [0.5, 0.6) is 0 Å². The highest BCUT2D eigenvalue weighted by Crippen LogP contribution is 2.34. The fourth-order valence-corrected chi connectivity index (χ4v) is 3.76. The zero-order valence-corrected chi connectivity index (χ0v) is 13.2. The number of carbonyl (C=O) groups excluding carboxylic acids is 1. The zero-order valence-electron chi connectivity index (χ0n) is 12.4. The van der Waals surface area contributed by atoms with E-state index in [0.717, 1.165) is 37.2 Å². The number of hydrogen-bond donors (Lipinski definition) is 1. The number of amides is 1.